The van der Waals surface area contributed by atoms with Crippen LogP contribution in [0, 0.1) is 27.7 Å². The average Bonchev–Trinajstić information content (AvgIpc) is 1.70. The summed E-state index contributed by atoms with van der Waals surface area (Å²) < 4.78 is 95.6. The second kappa shape index (κ2) is 55.1. The molecule has 0 bridgehead atoms. The minimum Gasteiger partial charge on any atom is -0.461 e. The third-order valence-corrected chi connectivity index (χ3v) is 24.9. The summed E-state index contributed by atoms with van der Waals surface area (Å²) in [5.41, 5.74) is 1.91. The molecule has 4 saturated heterocycles. The molecule has 8 aromatic carbocycles. The van der Waals surface area contributed by atoms with Crippen LogP contribution in [0.25, 0.3) is 0 Å². The van der Waals surface area contributed by atoms with Gasteiger partial charge < -0.3 is 95.5 Å². The molecule has 16 atom stereocenters. The Balaban J connectivity index is 0.000000206. The number of thioether (sulfide) groups is 4. The minimum atomic E-state index is -1.23. The standard InChI is InChI=1S/C27H28O9S.C25H24O9S.C25H26O8S.C23H22O8S/c1-5-14-32-27(31)36-23-22(35-25(30)20-12-8-17(3)9-13-20)21(37-26(23)34-18(4)28)15-33-24(29)19-10-6-16(2)7-11-19;1-3-14-30-25(29)34-21-20(33-23(28)18-12-8-5-9-13-18)19(35-24(21)32-16(2)26)15-31-22(27)17-10-6-4-7-11-17;1-4-13-30-25(29)33-21-20(32-23(27)18-11-7-16(3)8-12-18)19(34-24(21)28)14-31-22(26)17-9-5-15(2)6-10-17;1-2-13-28-23(27)31-19-18(30-21(25)16-11-7-4-8-12-16)17(32-22(19)26)14-29-20(24)15-9-5-3-6-10-15/h5-13,21-23,26H,1,14-15H2,2-4H3;3-13,19-21,24H,1,14-15H2,2H3;4-12,19-21,24,28H,1,13-14H2,2-3H3;2-12,17-19,22,26H,1,13-14H2/t21-,22+,23+,26?;2*19-,20+,21+,24?;17-,18+,19+,22?/m1111/s1. The number of esters is 10. The highest BCUT2D eigenvalue weighted by Crippen LogP contribution is 2.44. The zero-order valence-corrected chi connectivity index (χ0v) is 78.7. The van der Waals surface area contributed by atoms with Crippen LogP contribution in [0.3, 0.4) is 0 Å². The van der Waals surface area contributed by atoms with Gasteiger partial charge in [0.2, 0.25) is 0 Å². The topological polar surface area (TPSA) is 446 Å². The maximum Gasteiger partial charge on any atom is 0.509 e. The molecular weight excluding hydrogens is 1870 g/mol. The van der Waals surface area contributed by atoms with E-state index in [1.54, 1.807) is 218 Å². The van der Waals surface area contributed by atoms with Crippen molar-refractivity contribution in [2.75, 3.05) is 52.9 Å². The first-order chi connectivity index (χ1) is 66.3. The fourth-order valence-corrected chi connectivity index (χ4v) is 18.1. The van der Waals surface area contributed by atoms with Crippen molar-refractivity contribution in [3.63, 3.8) is 0 Å². The van der Waals surface area contributed by atoms with E-state index in [2.05, 4.69) is 26.3 Å². The van der Waals surface area contributed by atoms with E-state index in [4.69, 9.17) is 85.3 Å². The van der Waals surface area contributed by atoms with Gasteiger partial charge in [-0.05, 0) is 125 Å². The van der Waals surface area contributed by atoms with Crippen LogP contribution in [0.5, 0.6) is 0 Å². The van der Waals surface area contributed by atoms with Crippen LogP contribution >= 0.6 is 47.0 Å². The van der Waals surface area contributed by atoms with E-state index in [0.717, 1.165) is 69.3 Å². The molecule has 0 radical (unpaired) electrons. The first-order valence-corrected chi connectivity index (χ1v) is 46.2. The molecule has 0 aliphatic carbocycles. The second-order valence-corrected chi connectivity index (χ2v) is 35.4. The van der Waals surface area contributed by atoms with Crippen molar-refractivity contribution in [1.82, 2.24) is 0 Å². The largest absolute Gasteiger partial charge is 0.509 e. The van der Waals surface area contributed by atoms with Crippen molar-refractivity contribution in [3.8, 4) is 0 Å². The molecule has 0 spiro atoms. The molecule has 0 aromatic heterocycles. The van der Waals surface area contributed by atoms with Crippen molar-refractivity contribution < 1.29 is 163 Å². The highest BCUT2D eigenvalue weighted by molar-refractivity contribution is 8.01. The number of aryl methyl sites for hydroxylation is 4. The van der Waals surface area contributed by atoms with Gasteiger partial charge in [0.25, 0.3) is 0 Å². The highest BCUT2D eigenvalue weighted by Gasteiger charge is 2.55. The molecule has 12 rings (SSSR count). The summed E-state index contributed by atoms with van der Waals surface area (Å²) in [5.74, 6) is -6.26. The van der Waals surface area contributed by atoms with E-state index in [1.807, 2.05) is 27.7 Å². The third kappa shape index (κ3) is 33.7. The summed E-state index contributed by atoms with van der Waals surface area (Å²) in [6.45, 7) is 22.6. The molecule has 728 valence electrons. The lowest BCUT2D eigenvalue weighted by Gasteiger charge is -2.25. The first kappa shape index (κ1) is 107. The van der Waals surface area contributed by atoms with Gasteiger partial charge in [0.15, 0.2) is 59.7 Å². The zero-order valence-electron chi connectivity index (χ0n) is 75.4. The van der Waals surface area contributed by atoms with Crippen LogP contribution in [-0.2, 0) is 94.9 Å². The Morgan fingerprint density at radius 3 is 0.667 bits per heavy atom. The molecule has 0 saturated carbocycles. The Bertz CT molecular complexity index is 5460. The van der Waals surface area contributed by atoms with E-state index in [9.17, 15) is 77.3 Å². The third-order valence-electron chi connectivity index (χ3n) is 19.5. The van der Waals surface area contributed by atoms with Crippen LogP contribution in [0.1, 0.15) is 119 Å². The van der Waals surface area contributed by atoms with Gasteiger partial charge in [0.05, 0.1) is 65.5 Å². The summed E-state index contributed by atoms with van der Waals surface area (Å²) >= 11 is 4.04. The van der Waals surface area contributed by atoms with Crippen molar-refractivity contribution in [2.45, 2.75) is 133 Å². The second-order valence-electron chi connectivity index (χ2n) is 30.0. The first-order valence-electron chi connectivity index (χ1n) is 42.4. The molecule has 2 N–H and O–H groups in total. The molecular formula is C100H100O34S4. The lowest BCUT2D eigenvalue weighted by Crippen LogP contribution is -2.42. The van der Waals surface area contributed by atoms with Crippen molar-refractivity contribution in [2.24, 2.45) is 0 Å². The van der Waals surface area contributed by atoms with Crippen molar-refractivity contribution >= 4 is 131 Å². The summed E-state index contributed by atoms with van der Waals surface area (Å²) in [4.78, 5) is 173. The molecule has 0 amide bonds. The van der Waals surface area contributed by atoms with Gasteiger partial charge in [-0.25, -0.2) is 57.5 Å². The summed E-state index contributed by atoms with van der Waals surface area (Å²) in [5, 5.41) is 18.2. The Kier molecular flexibility index (Phi) is 42.9. The zero-order chi connectivity index (χ0) is 99.7. The Morgan fingerprint density at radius 2 is 0.442 bits per heavy atom. The predicted molar refractivity (Wildman–Crippen MR) is 503 cm³/mol. The van der Waals surface area contributed by atoms with Crippen LogP contribution in [0.4, 0.5) is 19.2 Å². The number of carbonyl (C=O) groups excluding carboxylic acids is 14. The van der Waals surface area contributed by atoms with Crippen LogP contribution in [-0.4, -0.2) is 239 Å². The lowest BCUT2D eigenvalue weighted by atomic mass is 10.1. The number of ether oxygens (including phenoxy) is 18. The molecule has 4 fully saturated rings. The minimum absolute atomic E-state index is 0.0820. The molecule has 38 heteroatoms. The van der Waals surface area contributed by atoms with Gasteiger partial charge in [0.1, 0.15) is 63.7 Å². The van der Waals surface area contributed by atoms with E-state index >= 15 is 0 Å². The van der Waals surface area contributed by atoms with Crippen molar-refractivity contribution in [1.29, 1.82) is 0 Å². The van der Waals surface area contributed by atoms with E-state index in [-0.39, 0.29) is 69.5 Å². The van der Waals surface area contributed by atoms with E-state index < -0.39 is 176 Å². The van der Waals surface area contributed by atoms with Gasteiger partial charge in [0, 0.05) is 13.8 Å². The van der Waals surface area contributed by atoms with Crippen LogP contribution < -0.4 is 0 Å². The SMILES string of the molecule is C=CCOC(=O)O[C@@H]1C(O)S[C@H](COC(=O)c2ccc(C)cc2)[C@@H]1OC(=O)c1ccc(C)cc1.C=CCOC(=O)O[C@@H]1C(O)S[C@H](COC(=O)c2ccccc2)[C@@H]1OC(=O)c1ccccc1.C=CCOC(=O)O[C@@H]1C(OC(C)=O)S[C@H](COC(=O)c2ccc(C)cc2)[C@@H]1OC(=O)c1ccc(C)cc1.C=CCOC(=O)O[C@@H]1C(OC(C)=O)S[C@H](COC(=O)c2ccccc2)[C@@H]1OC(=O)c1ccccc1. The maximum atomic E-state index is 12.9. The molecule has 8 aromatic rings. The van der Waals surface area contributed by atoms with Gasteiger partial charge >= 0.3 is 84.3 Å². The number of hydrogen-bond acceptors (Lipinski definition) is 38. The Labute approximate surface area is 810 Å². The van der Waals surface area contributed by atoms with Gasteiger partial charge in [-0.15, -0.1) is 47.0 Å². The molecule has 34 nitrogen and oxygen atoms in total. The fraction of sp³-hybridized carbons (Fsp3) is 0.300. The number of rotatable bonds is 34. The Hall–Kier alpha value is -14.2. The molecule has 4 aliphatic rings. The van der Waals surface area contributed by atoms with E-state index in [0.29, 0.717) is 27.8 Å². The van der Waals surface area contributed by atoms with Gasteiger partial charge in [-0.3, -0.25) is 9.59 Å². The fourth-order valence-electron chi connectivity index (χ4n) is 12.8. The predicted octanol–water partition coefficient (Wildman–Crippen LogP) is 15.2. The number of aliphatic hydroxyl groups is 2. The summed E-state index contributed by atoms with van der Waals surface area (Å²) in [7, 11) is 0. The monoisotopic (exact) mass is 1970 g/mol. The maximum absolute atomic E-state index is 12.9. The molecule has 4 unspecified atom stereocenters. The molecule has 138 heavy (non-hydrogen) atoms. The normalized spacial score (nSPS) is 21.1. The van der Waals surface area contributed by atoms with E-state index in [1.165, 1.54) is 38.2 Å². The molecule has 4 aliphatic heterocycles. The smallest absolute Gasteiger partial charge is 0.461 e. The molecule has 4 heterocycles. The number of aliphatic hydroxyl groups excluding tert-OH is 2. The average molecular weight is 1970 g/mol. The summed E-state index contributed by atoms with van der Waals surface area (Å²) in [6, 6.07) is 60.3. The quantitative estimate of drug-likeness (QED) is 0.0215. The van der Waals surface area contributed by atoms with Crippen molar-refractivity contribution in [3.05, 3.63) is 336 Å². The van der Waals surface area contributed by atoms with Gasteiger partial charge in [-0.1, -0.05) is 194 Å². The number of carbonyl (C=O) groups is 14. The number of benzene rings is 8. The van der Waals surface area contributed by atoms with Gasteiger partial charge in [-0.2, -0.15) is 0 Å². The lowest BCUT2D eigenvalue weighted by molar-refractivity contribution is -0.150. The van der Waals surface area contributed by atoms with Crippen LogP contribution in [0.2, 0.25) is 0 Å². The Morgan fingerprint density at radius 1 is 0.246 bits per heavy atom. The van der Waals surface area contributed by atoms with Crippen LogP contribution in [0.15, 0.2) is 269 Å². The highest BCUT2D eigenvalue weighted by atomic mass is 32.2. The number of hydrogen-bond donors (Lipinski definition) is 2. The summed E-state index contributed by atoms with van der Waals surface area (Å²) in [6.07, 6.45) is -8.04.